The first-order chi connectivity index (χ1) is 18.9. The quantitative estimate of drug-likeness (QED) is 0.294. The van der Waals surface area contributed by atoms with E-state index >= 15 is 0 Å². The number of cyclic esters (lactones) is 1. The van der Waals surface area contributed by atoms with E-state index in [9.17, 15) is 29.1 Å². The second-order valence-corrected chi connectivity index (χ2v) is 12.6. The molecule has 41 heavy (non-hydrogen) atoms. The van der Waals surface area contributed by atoms with Gasteiger partial charge in [0.05, 0.1) is 5.60 Å². The van der Waals surface area contributed by atoms with E-state index in [1.165, 1.54) is 27.7 Å². The van der Waals surface area contributed by atoms with Gasteiger partial charge in [0.15, 0.2) is 11.7 Å². The molecule has 0 aromatic carbocycles. The van der Waals surface area contributed by atoms with Gasteiger partial charge in [-0.2, -0.15) is 0 Å². The molecule has 1 spiro atoms. The summed E-state index contributed by atoms with van der Waals surface area (Å²) in [5.41, 5.74) is -4.31. The Bertz CT molecular complexity index is 1190. The maximum Gasteiger partial charge on any atom is 0.509 e. The van der Waals surface area contributed by atoms with Gasteiger partial charge in [0.1, 0.15) is 24.9 Å². The molecular formula is C29H40O12. The molecule has 3 aliphatic carbocycles. The Hall–Kier alpha value is -3.15. The molecule has 1 heterocycles. The van der Waals surface area contributed by atoms with Crippen LogP contribution >= 0.6 is 0 Å². The van der Waals surface area contributed by atoms with Crippen molar-refractivity contribution in [1.29, 1.82) is 0 Å². The van der Waals surface area contributed by atoms with E-state index in [1.807, 2.05) is 6.92 Å². The Kier molecular flexibility index (Phi) is 7.73. The molecule has 0 aromatic rings. The molecule has 3 fully saturated rings. The van der Waals surface area contributed by atoms with Gasteiger partial charge in [-0.15, -0.1) is 0 Å². The van der Waals surface area contributed by atoms with Crippen LogP contribution in [0.4, 0.5) is 4.79 Å². The van der Waals surface area contributed by atoms with Gasteiger partial charge in [0.2, 0.25) is 0 Å². The summed E-state index contributed by atoms with van der Waals surface area (Å²) in [5, 5.41) is 12.6. The fourth-order valence-corrected chi connectivity index (χ4v) is 7.86. The van der Waals surface area contributed by atoms with Gasteiger partial charge in [0, 0.05) is 50.9 Å². The molecule has 4 aliphatic rings. The normalized spacial score (nSPS) is 39.3. The minimum Gasteiger partial charge on any atom is -0.458 e. The van der Waals surface area contributed by atoms with Crippen LogP contribution in [-0.4, -0.2) is 77.4 Å². The Balaban J connectivity index is 2.05. The van der Waals surface area contributed by atoms with Gasteiger partial charge in [-0.05, 0) is 37.3 Å². The molecule has 0 radical (unpaired) electrons. The van der Waals surface area contributed by atoms with Crippen LogP contribution in [-0.2, 0) is 47.6 Å². The first-order valence-electron chi connectivity index (χ1n) is 13.9. The molecule has 4 rings (SSSR count). The van der Waals surface area contributed by atoms with Crippen molar-refractivity contribution < 1.29 is 57.5 Å². The van der Waals surface area contributed by atoms with Crippen LogP contribution in [0.5, 0.6) is 0 Å². The SMILES string of the molecule is CC(=O)O[C@H]1C[C@@]2(O)C[C@H]3[C@@](C)(CC[C@H](OC(C)=O)[C@@]34COC(=O)O4)[C@@H](OC(C)=O)[C@H](OC(C)=O)C(=C1C)C2(C)C. The summed E-state index contributed by atoms with van der Waals surface area (Å²) in [5.74, 6) is -3.28. The van der Waals surface area contributed by atoms with E-state index in [2.05, 4.69) is 0 Å². The lowest BCUT2D eigenvalue weighted by atomic mass is 9.46. The Morgan fingerprint density at radius 2 is 1.46 bits per heavy atom. The maximum atomic E-state index is 12.6. The molecule has 1 saturated heterocycles. The van der Waals surface area contributed by atoms with Crippen LogP contribution in [0.15, 0.2) is 11.1 Å². The molecule has 8 atom stereocenters. The van der Waals surface area contributed by atoms with Gasteiger partial charge in [-0.3, -0.25) is 19.2 Å². The average Bonchev–Trinajstić information content (AvgIpc) is 3.21. The van der Waals surface area contributed by atoms with Gasteiger partial charge in [-0.25, -0.2) is 4.79 Å². The summed E-state index contributed by atoms with van der Waals surface area (Å²) >= 11 is 0. The molecular weight excluding hydrogens is 540 g/mol. The Labute approximate surface area is 239 Å². The molecule has 0 amide bonds. The molecule has 12 heteroatoms. The van der Waals surface area contributed by atoms with Gasteiger partial charge in [-0.1, -0.05) is 20.8 Å². The number of hydrogen-bond donors (Lipinski definition) is 1. The Morgan fingerprint density at radius 3 is 1.98 bits per heavy atom. The third kappa shape index (κ3) is 4.97. The third-order valence-electron chi connectivity index (χ3n) is 9.79. The largest absolute Gasteiger partial charge is 0.509 e. The summed E-state index contributed by atoms with van der Waals surface area (Å²) in [6, 6.07) is 0. The highest BCUT2D eigenvalue weighted by atomic mass is 16.8. The number of ether oxygens (including phenoxy) is 6. The minimum absolute atomic E-state index is 0.00433. The average molecular weight is 581 g/mol. The maximum absolute atomic E-state index is 12.6. The number of carbonyl (C=O) groups excluding carboxylic acids is 5. The predicted octanol–water partition coefficient (Wildman–Crippen LogP) is 2.92. The van der Waals surface area contributed by atoms with E-state index in [-0.39, 0.29) is 25.9 Å². The molecule has 0 unspecified atom stereocenters. The predicted molar refractivity (Wildman–Crippen MR) is 139 cm³/mol. The number of aliphatic hydroxyl groups is 1. The van der Waals surface area contributed by atoms with Crippen molar-refractivity contribution in [3.05, 3.63) is 11.1 Å². The highest BCUT2D eigenvalue weighted by molar-refractivity contribution is 5.69. The lowest BCUT2D eigenvalue weighted by molar-refractivity contribution is -0.248. The highest BCUT2D eigenvalue weighted by Gasteiger charge is 2.72. The van der Waals surface area contributed by atoms with Crippen LogP contribution in [0.25, 0.3) is 0 Å². The lowest BCUT2D eigenvalue weighted by Crippen LogP contribution is -2.71. The summed E-state index contributed by atoms with van der Waals surface area (Å²) in [4.78, 5) is 62.1. The van der Waals surface area contributed by atoms with Crippen LogP contribution in [0.2, 0.25) is 0 Å². The van der Waals surface area contributed by atoms with Crippen LogP contribution in [0, 0.1) is 16.7 Å². The number of carbonyl (C=O) groups is 5. The van der Waals surface area contributed by atoms with Gasteiger partial charge < -0.3 is 33.5 Å². The summed E-state index contributed by atoms with van der Waals surface area (Å²) in [7, 11) is 0. The third-order valence-corrected chi connectivity index (χ3v) is 9.79. The van der Waals surface area contributed by atoms with E-state index in [1.54, 1.807) is 20.8 Å². The first-order valence-corrected chi connectivity index (χ1v) is 13.9. The zero-order valence-electron chi connectivity index (χ0n) is 24.9. The topological polar surface area (TPSA) is 161 Å². The van der Waals surface area contributed by atoms with Gasteiger partial charge in [0.25, 0.3) is 0 Å². The molecule has 2 bridgehead atoms. The van der Waals surface area contributed by atoms with Crippen molar-refractivity contribution in [2.75, 3.05) is 6.61 Å². The molecule has 0 aromatic heterocycles. The summed E-state index contributed by atoms with van der Waals surface area (Å²) in [6.07, 6.45) is -4.61. The second kappa shape index (κ2) is 10.3. The van der Waals surface area contributed by atoms with Crippen molar-refractivity contribution >= 4 is 30.0 Å². The number of rotatable bonds is 4. The molecule has 2 saturated carbocycles. The highest BCUT2D eigenvalue weighted by Crippen LogP contribution is 2.64. The Morgan fingerprint density at radius 1 is 0.878 bits per heavy atom. The van der Waals surface area contributed by atoms with Crippen molar-refractivity contribution in [2.24, 2.45) is 16.7 Å². The van der Waals surface area contributed by atoms with E-state index < -0.39 is 82.4 Å². The molecule has 1 aliphatic heterocycles. The minimum atomic E-state index is -1.62. The fraction of sp³-hybridized carbons (Fsp3) is 0.759. The lowest BCUT2D eigenvalue weighted by Gasteiger charge is -2.62. The van der Waals surface area contributed by atoms with Crippen LogP contribution in [0.3, 0.4) is 0 Å². The van der Waals surface area contributed by atoms with Crippen molar-refractivity contribution in [3.8, 4) is 0 Å². The first kappa shape index (κ1) is 30.8. The number of fused-ring (bicyclic) bond motifs is 4. The van der Waals surface area contributed by atoms with E-state index in [4.69, 9.17) is 28.4 Å². The zero-order valence-corrected chi connectivity index (χ0v) is 24.9. The molecule has 12 nitrogen and oxygen atoms in total. The summed E-state index contributed by atoms with van der Waals surface area (Å²) in [6.45, 7) is 11.9. The second-order valence-electron chi connectivity index (χ2n) is 12.6. The number of hydrogen-bond acceptors (Lipinski definition) is 12. The van der Waals surface area contributed by atoms with Crippen LogP contribution in [0.1, 0.15) is 81.1 Å². The van der Waals surface area contributed by atoms with Crippen molar-refractivity contribution in [3.63, 3.8) is 0 Å². The van der Waals surface area contributed by atoms with E-state index in [0.717, 1.165) is 0 Å². The van der Waals surface area contributed by atoms with Crippen molar-refractivity contribution in [2.45, 2.75) is 117 Å². The standard InChI is InChI=1S/C29H40O12/c1-14-19(37-15(2)30)11-28(35)12-20-27(8,10-9-21(38-16(3)31)29(20)13-36-25(34)41-29)24(40-18(5)33)23(39-17(4)32)22(14)26(28,6)7/h19-21,23-24,35H,9-13H2,1-8H3/t19-,20-,21-,23+,24-,27+,28+,29+/m0/s1. The summed E-state index contributed by atoms with van der Waals surface area (Å²) < 4.78 is 34.5. The number of esters is 4. The molecule has 1 N–H and O–H groups in total. The van der Waals surface area contributed by atoms with Gasteiger partial charge >= 0.3 is 30.0 Å². The monoisotopic (exact) mass is 580 g/mol. The smallest absolute Gasteiger partial charge is 0.458 e. The van der Waals surface area contributed by atoms with Crippen molar-refractivity contribution in [1.82, 2.24) is 0 Å². The van der Waals surface area contributed by atoms with E-state index in [0.29, 0.717) is 17.6 Å². The van der Waals surface area contributed by atoms with Crippen LogP contribution < -0.4 is 0 Å². The fourth-order valence-electron chi connectivity index (χ4n) is 7.86. The zero-order chi connectivity index (χ0) is 30.7. The molecule has 228 valence electrons.